The Morgan fingerprint density at radius 3 is 2.79 bits per heavy atom. The number of pyridine rings is 1. The molecule has 1 N–H and O–H groups in total. The van der Waals surface area contributed by atoms with Crippen molar-refractivity contribution < 1.29 is 0 Å². The van der Waals surface area contributed by atoms with Crippen molar-refractivity contribution in [2.75, 3.05) is 6.26 Å². The zero-order valence-electron chi connectivity index (χ0n) is 10.6. The average Bonchev–Trinajstić information content (AvgIpc) is 3.17. The Kier molecular flexibility index (Phi) is 2.61. The van der Waals surface area contributed by atoms with Gasteiger partial charge in [-0.15, -0.1) is 11.8 Å². The highest BCUT2D eigenvalue weighted by molar-refractivity contribution is 7.98. The molecule has 5 nitrogen and oxygen atoms in total. The number of aryl methyl sites for hydroxylation is 1. The third kappa shape index (κ3) is 1.81. The molecule has 1 saturated carbocycles. The molecule has 2 aromatic rings. The average molecular weight is 272 g/mol. The van der Waals surface area contributed by atoms with Gasteiger partial charge in [-0.2, -0.15) is 5.26 Å². The second kappa shape index (κ2) is 4.07. The highest BCUT2D eigenvalue weighted by Gasteiger charge is 2.47. The lowest BCUT2D eigenvalue weighted by Gasteiger charge is -2.09. The first-order valence-corrected chi connectivity index (χ1v) is 7.19. The zero-order valence-corrected chi connectivity index (χ0v) is 11.5. The molecule has 3 rings (SSSR count). The van der Waals surface area contributed by atoms with Crippen molar-refractivity contribution in [1.82, 2.24) is 15.0 Å². The van der Waals surface area contributed by atoms with Gasteiger partial charge in [0.05, 0.1) is 16.9 Å². The normalized spacial score (nSPS) is 16.3. The van der Waals surface area contributed by atoms with Crippen molar-refractivity contribution in [3.05, 3.63) is 27.8 Å². The van der Waals surface area contributed by atoms with Gasteiger partial charge in [0.2, 0.25) is 0 Å². The molecule has 19 heavy (non-hydrogen) atoms. The topological polar surface area (TPSA) is 82.4 Å². The smallest absolute Gasteiger partial charge is 0.254 e. The van der Waals surface area contributed by atoms with Crippen LogP contribution in [0.25, 0.3) is 11.0 Å². The van der Waals surface area contributed by atoms with Crippen LogP contribution in [-0.4, -0.2) is 21.2 Å². The quantitative estimate of drug-likeness (QED) is 0.667. The second-order valence-corrected chi connectivity index (χ2v) is 5.54. The number of hydrogen-bond donors (Lipinski definition) is 1. The van der Waals surface area contributed by atoms with Gasteiger partial charge in [-0.05, 0) is 32.1 Å². The van der Waals surface area contributed by atoms with Gasteiger partial charge in [0.25, 0.3) is 5.56 Å². The van der Waals surface area contributed by atoms with E-state index in [2.05, 4.69) is 21.0 Å². The Labute approximate surface area is 114 Å². The Balaban J connectivity index is 2.34. The summed E-state index contributed by atoms with van der Waals surface area (Å²) >= 11 is 1.51. The molecule has 1 aliphatic rings. The summed E-state index contributed by atoms with van der Waals surface area (Å²) < 4.78 is 0. The molecule has 0 unspecified atom stereocenters. The summed E-state index contributed by atoms with van der Waals surface area (Å²) in [6.45, 7) is 1.79. The van der Waals surface area contributed by atoms with E-state index in [0.29, 0.717) is 17.0 Å². The number of hydrogen-bond acceptors (Lipinski definition) is 5. The van der Waals surface area contributed by atoms with E-state index >= 15 is 0 Å². The van der Waals surface area contributed by atoms with Crippen molar-refractivity contribution in [1.29, 1.82) is 5.26 Å². The first-order valence-electron chi connectivity index (χ1n) is 5.97. The van der Waals surface area contributed by atoms with Gasteiger partial charge in [-0.3, -0.25) is 4.79 Å². The van der Waals surface area contributed by atoms with E-state index < -0.39 is 5.41 Å². The van der Waals surface area contributed by atoms with Crippen LogP contribution in [0.5, 0.6) is 0 Å². The Morgan fingerprint density at radius 2 is 2.21 bits per heavy atom. The van der Waals surface area contributed by atoms with Crippen molar-refractivity contribution in [3.63, 3.8) is 0 Å². The minimum Gasteiger partial charge on any atom is -0.306 e. The third-order valence-electron chi connectivity index (χ3n) is 3.46. The van der Waals surface area contributed by atoms with Crippen LogP contribution in [0, 0.1) is 18.3 Å². The van der Waals surface area contributed by atoms with Crippen LogP contribution in [0.4, 0.5) is 0 Å². The number of nitrogens with one attached hydrogen (secondary N) is 1. The molecule has 0 amide bonds. The van der Waals surface area contributed by atoms with Crippen LogP contribution in [-0.2, 0) is 5.41 Å². The first kappa shape index (κ1) is 12.2. The highest BCUT2D eigenvalue weighted by atomic mass is 32.2. The number of fused-ring (bicyclic) bond motifs is 1. The number of nitriles is 1. The molecular formula is C13H12N4OS. The minimum absolute atomic E-state index is 0.211. The summed E-state index contributed by atoms with van der Waals surface area (Å²) in [5, 5.41) is 10.9. The van der Waals surface area contributed by atoms with Crippen LogP contribution in [0.15, 0.2) is 15.9 Å². The summed E-state index contributed by atoms with van der Waals surface area (Å²) in [5.74, 6) is 0.627. The van der Waals surface area contributed by atoms with Gasteiger partial charge in [-0.25, -0.2) is 9.97 Å². The van der Waals surface area contributed by atoms with Crippen LogP contribution in [0.3, 0.4) is 0 Å². The van der Waals surface area contributed by atoms with E-state index in [1.807, 2.05) is 6.26 Å². The van der Waals surface area contributed by atoms with Crippen LogP contribution in [0.1, 0.15) is 24.2 Å². The maximum atomic E-state index is 12.1. The summed E-state index contributed by atoms with van der Waals surface area (Å²) in [6, 6.07) is 4.04. The molecule has 1 aliphatic carbocycles. The molecule has 96 valence electrons. The maximum Gasteiger partial charge on any atom is 0.254 e. The molecule has 0 aromatic carbocycles. The summed E-state index contributed by atoms with van der Waals surface area (Å²) in [6.07, 6.45) is 3.43. The lowest BCUT2D eigenvalue weighted by Crippen LogP contribution is -2.20. The van der Waals surface area contributed by atoms with Gasteiger partial charge < -0.3 is 4.98 Å². The SMILES string of the molecule is CSc1nc(C)nc2[nH]c(=O)c(C3(C#N)CC3)cc12. The molecule has 1 fully saturated rings. The summed E-state index contributed by atoms with van der Waals surface area (Å²) in [5.41, 5.74) is 0.281. The standard InChI is InChI=1S/C13H12N4OS/c1-7-15-10-8(12(16-7)19-2)5-9(11(18)17-10)13(6-14)3-4-13/h5H,3-4H2,1-2H3,(H,15,16,17,18). The number of H-pyrrole nitrogens is 1. The zero-order chi connectivity index (χ0) is 13.6. The van der Waals surface area contributed by atoms with E-state index in [1.54, 1.807) is 13.0 Å². The van der Waals surface area contributed by atoms with Gasteiger partial charge in [0.15, 0.2) is 0 Å². The highest BCUT2D eigenvalue weighted by Crippen LogP contribution is 2.46. The predicted molar refractivity (Wildman–Crippen MR) is 73.2 cm³/mol. The van der Waals surface area contributed by atoms with Crippen LogP contribution in [0.2, 0.25) is 0 Å². The van der Waals surface area contributed by atoms with E-state index in [4.69, 9.17) is 0 Å². The Bertz CT molecular complexity index is 771. The maximum absolute atomic E-state index is 12.1. The van der Waals surface area contributed by atoms with Crippen LogP contribution < -0.4 is 5.56 Å². The Hall–Kier alpha value is -1.87. The fourth-order valence-electron chi connectivity index (χ4n) is 2.24. The second-order valence-electron chi connectivity index (χ2n) is 4.75. The molecule has 2 heterocycles. The van der Waals surface area contributed by atoms with E-state index in [-0.39, 0.29) is 5.56 Å². The van der Waals surface area contributed by atoms with Crippen molar-refractivity contribution in [2.45, 2.75) is 30.2 Å². The lowest BCUT2D eigenvalue weighted by molar-refractivity contribution is 0.878. The minimum atomic E-state index is -0.595. The molecule has 0 atom stereocenters. The van der Waals surface area contributed by atoms with Gasteiger partial charge in [0, 0.05) is 5.56 Å². The van der Waals surface area contributed by atoms with Gasteiger partial charge in [-0.1, -0.05) is 0 Å². The van der Waals surface area contributed by atoms with E-state index in [9.17, 15) is 10.1 Å². The molecule has 2 aromatic heterocycles. The number of thioether (sulfide) groups is 1. The largest absolute Gasteiger partial charge is 0.306 e. The summed E-state index contributed by atoms with van der Waals surface area (Å²) in [4.78, 5) is 23.5. The Morgan fingerprint density at radius 1 is 1.47 bits per heavy atom. The predicted octanol–water partition coefficient (Wildman–Crippen LogP) is 1.90. The van der Waals surface area contributed by atoms with E-state index in [0.717, 1.165) is 23.3 Å². The number of nitrogens with zero attached hydrogens (tertiary/aromatic N) is 3. The number of rotatable bonds is 2. The molecule has 0 bridgehead atoms. The molecule has 0 radical (unpaired) electrons. The van der Waals surface area contributed by atoms with Gasteiger partial charge >= 0.3 is 0 Å². The van der Waals surface area contributed by atoms with E-state index in [1.165, 1.54) is 11.8 Å². The molecule has 0 spiro atoms. The first-order chi connectivity index (χ1) is 9.09. The van der Waals surface area contributed by atoms with Gasteiger partial charge in [0.1, 0.15) is 16.5 Å². The van der Waals surface area contributed by atoms with Crippen molar-refractivity contribution in [2.24, 2.45) is 0 Å². The van der Waals surface area contributed by atoms with Crippen LogP contribution >= 0.6 is 11.8 Å². The monoisotopic (exact) mass is 272 g/mol. The number of aromatic nitrogens is 3. The third-order valence-corrected chi connectivity index (χ3v) is 4.16. The molecular weight excluding hydrogens is 260 g/mol. The number of aromatic amines is 1. The molecule has 6 heteroatoms. The van der Waals surface area contributed by atoms with Crippen molar-refractivity contribution >= 4 is 22.8 Å². The fourth-order valence-corrected chi connectivity index (χ4v) is 2.84. The van der Waals surface area contributed by atoms with Crippen molar-refractivity contribution in [3.8, 4) is 6.07 Å². The lowest BCUT2D eigenvalue weighted by atomic mass is 9.98. The molecule has 0 saturated heterocycles. The molecule has 0 aliphatic heterocycles. The summed E-state index contributed by atoms with van der Waals surface area (Å²) in [7, 11) is 0. The fraction of sp³-hybridized carbons (Fsp3) is 0.385.